The van der Waals surface area contributed by atoms with Gasteiger partial charge in [0, 0.05) is 16.6 Å². The van der Waals surface area contributed by atoms with Crippen LogP contribution in [0.25, 0.3) is 22.0 Å². The first-order valence-electron chi connectivity index (χ1n) is 6.81. The van der Waals surface area contributed by atoms with Crippen molar-refractivity contribution in [3.8, 4) is 22.6 Å². The van der Waals surface area contributed by atoms with E-state index in [0.717, 1.165) is 39.2 Å². The van der Waals surface area contributed by atoms with E-state index < -0.39 is 0 Å². The summed E-state index contributed by atoms with van der Waals surface area (Å²) in [5.74, 6) is 1.69. The van der Waals surface area contributed by atoms with E-state index in [4.69, 9.17) is 9.47 Å². The normalized spacial score (nSPS) is 10.6. The van der Waals surface area contributed by atoms with Crippen molar-refractivity contribution in [1.82, 2.24) is 4.98 Å². The smallest absolute Gasteiger partial charge is 0.127 e. The van der Waals surface area contributed by atoms with Gasteiger partial charge in [0.05, 0.1) is 19.7 Å². The third-order valence-corrected chi connectivity index (χ3v) is 3.57. The molecule has 0 saturated heterocycles. The number of benzene rings is 2. The van der Waals surface area contributed by atoms with Crippen molar-refractivity contribution >= 4 is 10.9 Å². The molecule has 2 aromatic carbocycles. The first kappa shape index (κ1) is 13.4. The monoisotopic (exact) mass is 279 g/mol. The highest BCUT2D eigenvalue weighted by molar-refractivity contribution is 5.98. The fourth-order valence-corrected chi connectivity index (χ4v) is 2.51. The highest BCUT2D eigenvalue weighted by Gasteiger charge is 2.11. The van der Waals surface area contributed by atoms with Crippen molar-refractivity contribution in [2.75, 3.05) is 14.2 Å². The Bertz CT molecular complexity index is 779. The largest absolute Gasteiger partial charge is 0.497 e. The lowest BCUT2D eigenvalue weighted by Crippen LogP contribution is -1.92. The van der Waals surface area contributed by atoms with Crippen LogP contribution in [0, 0.1) is 6.92 Å². The van der Waals surface area contributed by atoms with Gasteiger partial charge < -0.3 is 9.47 Å². The fourth-order valence-electron chi connectivity index (χ4n) is 2.51. The van der Waals surface area contributed by atoms with E-state index in [-0.39, 0.29) is 0 Å². The molecule has 0 radical (unpaired) electrons. The molecule has 0 fully saturated rings. The number of fused-ring (bicyclic) bond motifs is 1. The molecule has 1 heterocycles. The summed E-state index contributed by atoms with van der Waals surface area (Å²) in [7, 11) is 3.36. The highest BCUT2D eigenvalue weighted by Crippen LogP contribution is 2.37. The quantitative estimate of drug-likeness (QED) is 0.719. The van der Waals surface area contributed by atoms with E-state index in [9.17, 15) is 0 Å². The average Bonchev–Trinajstić information content (AvgIpc) is 2.53. The maximum atomic E-state index is 5.54. The van der Waals surface area contributed by atoms with Gasteiger partial charge in [0.15, 0.2) is 0 Å². The molecule has 3 rings (SSSR count). The molecule has 3 nitrogen and oxygen atoms in total. The minimum Gasteiger partial charge on any atom is -0.497 e. The van der Waals surface area contributed by atoms with Gasteiger partial charge in [-0.25, -0.2) is 0 Å². The molecule has 0 amide bonds. The maximum Gasteiger partial charge on any atom is 0.127 e. The number of pyridine rings is 1. The summed E-state index contributed by atoms with van der Waals surface area (Å²) in [6.07, 6.45) is 0. The van der Waals surface area contributed by atoms with E-state index in [0.29, 0.717) is 0 Å². The molecule has 106 valence electrons. The second-order valence-electron chi connectivity index (χ2n) is 4.89. The van der Waals surface area contributed by atoms with Crippen LogP contribution in [0.1, 0.15) is 5.69 Å². The van der Waals surface area contributed by atoms with Gasteiger partial charge >= 0.3 is 0 Å². The molecule has 0 unspecified atom stereocenters. The molecule has 3 aromatic rings. The van der Waals surface area contributed by atoms with Crippen molar-refractivity contribution in [1.29, 1.82) is 0 Å². The third kappa shape index (κ3) is 2.42. The molecule has 0 bridgehead atoms. The summed E-state index contributed by atoms with van der Waals surface area (Å²) < 4.78 is 10.8. The van der Waals surface area contributed by atoms with Crippen LogP contribution in [-0.2, 0) is 0 Å². The van der Waals surface area contributed by atoms with Crippen molar-refractivity contribution in [2.45, 2.75) is 6.92 Å². The van der Waals surface area contributed by atoms with Crippen molar-refractivity contribution < 1.29 is 9.47 Å². The van der Waals surface area contributed by atoms with Gasteiger partial charge in [0.2, 0.25) is 0 Å². The molecule has 0 aliphatic carbocycles. The predicted molar refractivity (Wildman–Crippen MR) is 85.0 cm³/mol. The second kappa shape index (κ2) is 5.44. The van der Waals surface area contributed by atoms with Crippen LogP contribution >= 0.6 is 0 Å². The van der Waals surface area contributed by atoms with Gasteiger partial charge in [-0.1, -0.05) is 18.2 Å². The lowest BCUT2D eigenvalue weighted by Gasteiger charge is -2.13. The predicted octanol–water partition coefficient (Wildman–Crippen LogP) is 4.23. The van der Waals surface area contributed by atoms with Gasteiger partial charge in [-0.3, -0.25) is 4.98 Å². The van der Waals surface area contributed by atoms with Crippen LogP contribution in [0.15, 0.2) is 48.5 Å². The lowest BCUT2D eigenvalue weighted by atomic mass is 9.99. The summed E-state index contributed by atoms with van der Waals surface area (Å²) in [5.41, 5.74) is 4.13. The number of rotatable bonds is 3. The van der Waals surface area contributed by atoms with E-state index >= 15 is 0 Å². The van der Waals surface area contributed by atoms with Crippen LogP contribution in [0.2, 0.25) is 0 Å². The molecule has 1 aromatic heterocycles. The van der Waals surface area contributed by atoms with Gasteiger partial charge in [0.1, 0.15) is 11.5 Å². The number of hydrogen-bond donors (Lipinski definition) is 0. The summed E-state index contributed by atoms with van der Waals surface area (Å²) in [4.78, 5) is 4.59. The summed E-state index contributed by atoms with van der Waals surface area (Å²) >= 11 is 0. The Balaban J connectivity index is 2.27. The van der Waals surface area contributed by atoms with Gasteiger partial charge in [0.25, 0.3) is 0 Å². The minimum absolute atomic E-state index is 0.840. The molecule has 0 aliphatic heterocycles. The van der Waals surface area contributed by atoms with Crippen LogP contribution in [0.3, 0.4) is 0 Å². The molecule has 0 aliphatic rings. The van der Waals surface area contributed by atoms with Gasteiger partial charge in [-0.05, 0) is 42.8 Å². The zero-order chi connectivity index (χ0) is 14.8. The summed E-state index contributed by atoms with van der Waals surface area (Å²) in [5, 5.41) is 1.09. The Morgan fingerprint density at radius 1 is 0.810 bits per heavy atom. The Morgan fingerprint density at radius 2 is 1.57 bits per heavy atom. The van der Waals surface area contributed by atoms with E-state index in [1.54, 1.807) is 14.2 Å². The van der Waals surface area contributed by atoms with Gasteiger partial charge in [-0.2, -0.15) is 0 Å². The Kier molecular flexibility index (Phi) is 3.48. The van der Waals surface area contributed by atoms with Crippen LogP contribution < -0.4 is 9.47 Å². The third-order valence-electron chi connectivity index (χ3n) is 3.57. The van der Waals surface area contributed by atoms with Crippen LogP contribution in [-0.4, -0.2) is 19.2 Å². The number of hydrogen-bond acceptors (Lipinski definition) is 3. The molecule has 0 spiro atoms. The average molecular weight is 279 g/mol. The topological polar surface area (TPSA) is 31.4 Å². The number of methoxy groups -OCH3 is 2. The molecular weight excluding hydrogens is 262 g/mol. The second-order valence-corrected chi connectivity index (χ2v) is 4.89. The number of aryl methyl sites for hydroxylation is 1. The molecule has 0 N–H and O–H groups in total. The first-order chi connectivity index (χ1) is 10.2. The number of aromatic nitrogens is 1. The maximum absolute atomic E-state index is 5.54. The van der Waals surface area contributed by atoms with Crippen molar-refractivity contribution in [3.05, 3.63) is 54.2 Å². The Morgan fingerprint density at radius 3 is 2.24 bits per heavy atom. The standard InChI is InChI=1S/C18H17NO2/c1-12-4-9-15-16(19-12)10-11-17(21-3)18(15)13-5-7-14(20-2)8-6-13/h4-11H,1-3H3. The highest BCUT2D eigenvalue weighted by atomic mass is 16.5. The lowest BCUT2D eigenvalue weighted by molar-refractivity contribution is 0.414. The fraction of sp³-hybridized carbons (Fsp3) is 0.167. The minimum atomic E-state index is 0.840. The Labute approximate surface area is 124 Å². The van der Waals surface area contributed by atoms with Crippen molar-refractivity contribution in [3.63, 3.8) is 0 Å². The van der Waals surface area contributed by atoms with E-state index in [1.165, 1.54) is 0 Å². The first-order valence-corrected chi connectivity index (χ1v) is 6.81. The molecule has 3 heteroatoms. The van der Waals surface area contributed by atoms with Crippen molar-refractivity contribution in [2.24, 2.45) is 0 Å². The molecule has 0 atom stereocenters. The van der Waals surface area contributed by atoms with E-state index in [2.05, 4.69) is 11.1 Å². The summed E-state index contributed by atoms with van der Waals surface area (Å²) in [6.45, 7) is 2.00. The molecule has 0 saturated carbocycles. The zero-order valence-corrected chi connectivity index (χ0v) is 12.4. The Hall–Kier alpha value is -2.55. The van der Waals surface area contributed by atoms with E-state index in [1.807, 2.05) is 49.4 Å². The number of ether oxygens (including phenoxy) is 2. The van der Waals surface area contributed by atoms with Crippen LogP contribution in [0.5, 0.6) is 11.5 Å². The van der Waals surface area contributed by atoms with Crippen LogP contribution in [0.4, 0.5) is 0 Å². The number of nitrogens with zero attached hydrogens (tertiary/aromatic N) is 1. The molecular formula is C18H17NO2. The summed E-state index contributed by atoms with van der Waals surface area (Å²) in [6, 6.07) is 16.1. The van der Waals surface area contributed by atoms with Gasteiger partial charge in [-0.15, -0.1) is 0 Å². The zero-order valence-electron chi connectivity index (χ0n) is 12.4. The SMILES string of the molecule is COc1ccc(-c2c(OC)ccc3nc(C)ccc23)cc1. The molecule has 21 heavy (non-hydrogen) atoms.